The van der Waals surface area contributed by atoms with Crippen LogP contribution in [0.5, 0.6) is 0 Å². The number of amides is 1. The van der Waals surface area contributed by atoms with E-state index >= 15 is 0 Å². The van der Waals surface area contributed by atoms with Crippen LogP contribution >= 0.6 is 11.6 Å². The zero-order chi connectivity index (χ0) is 17.4. The van der Waals surface area contributed by atoms with Crippen LogP contribution in [-0.2, 0) is 4.74 Å². The maximum atomic E-state index is 12.5. The second kappa shape index (κ2) is 7.12. The number of aromatic nitrogens is 1. The largest absolute Gasteiger partial charge is 0.378 e. The Morgan fingerprint density at radius 3 is 2.80 bits per heavy atom. The van der Waals surface area contributed by atoms with Gasteiger partial charge in [-0.05, 0) is 50.0 Å². The van der Waals surface area contributed by atoms with E-state index in [0.717, 1.165) is 11.8 Å². The van der Waals surface area contributed by atoms with Crippen LogP contribution in [0.2, 0.25) is 5.02 Å². The maximum Gasteiger partial charge on any atom is 0.255 e. The number of nitrogens with one attached hydrogen (secondary N) is 1. The van der Waals surface area contributed by atoms with Crippen LogP contribution in [0.3, 0.4) is 0 Å². The molecule has 3 fully saturated rings. The van der Waals surface area contributed by atoms with Crippen molar-refractivity contribution in [1.82, 2.24) is 9.88 Å². The van der Waals surface area contributed by atoms with Crippen LogP contribution in [-0.4, -0.2) is 48.1 Å². The minimum absolute atomic E-state index is 0.0228. The molecule has 2 aliphatic carbocycles. The quantitative estimate of drug-likeness (QED) is 0.890. The number of anilines is 1. The minimum atomic E-state index is -0.0228. The summed E-state index contributed by atoms with van der Waals surface area (Å²) in [4.78, 5) is 18.8. The summed E-state index contributed by atoms with van der Waals surface area (Å²) in [5, 5.41) is 4.02. The van der Waals surface area contributed by atoms with Gasteiger partial charge in [0, 0.05) is 25.3 Å². The molecule has 1 aromatic heterocycles. The van der Waals surface area contributed by atoms with Crippen molar-refractivity contribution in [2.45, 2.75) is 38.6 Å². The molecule has 2 heterocycles. The van der Waals surface area contributed by atoms with Gasteiger partial charge >= 0.3 is 0 Å². The highest BCUT2D eigenvalue weighted by Gasteiger charge is 2.41. The van der Waals surface area contributed by atoms with Crippen molar-refractivity contribution in [3.05, 3.63) is 22.8 Å². The molecule has 1 amide bonds. The van der Waals surface area contributed by atoms with E-state index in [1.165, 1.54) is 25.7 Å². The average molecular weight is 364 g/mol. The summed E-state index contributed by atoms with van der Waals surface area (Å²) in [6.45, 7) is 4.66. The molecule has 1 aliphatic heterocycles. The number of rotatable bonds is 4. The number of nitrogens with zero attached hydrogens (tertiary/aromatic N) is 2. The van der Waals surface area contributed by atoms with Crippen LogP contribution in [0.4, 0.5) is 5.82 Å². The molecule has 2 bridgehead atoms. The predicted octanol–water partition coefficient (Wildman–Crippen LogP) is 3.44. The van der Waals surface area contributed by atoms with Crippen molar-refractivity contribution >= 4 is 23.3 Å². The van der Waals surface area contributed by atoms with Gasteiger partial charge in [0.1, 0.15) is 5.82 Å². The van der Waals surface area contributed by atoms with Gasteiger partial charge in [-0.2, -0.15) is 0 Å². The number of carbonyl (C=O) groups excluding carboxylic acids is 1. The van der Waals surface area contributed by atoms with Gasteiger partial charge in [0.15, 0.2) is 0 Å². The van der Waals surface area contributed by atoms with Crippen molar-refractivity contribution in [1.29, 1.82) is 0 Å². The van der Waals surface area contributed by atoms with Crippen molar-refractivity contribution < 1.29 is 9.53 Å². The van der Waals surface area contributed by atoms with Gasteiger partial charge in [0.2, 0.25) is 0 Å². The first-order valence-corrected chi connectivity index (χ1v) is 9.78. The Morgan fingerprint density at radius 2 is 2.16 bits per heavy atom. The molecule has 1 N–H and O–H groups in total. The SMILES string of the molecule is CC(Nc1ncc(C(=O)N2CCOCC2)cc1Cl)C1CC2CCC1C2. The molecule has 0 spiro atoms. The Bertz CT molecular complexity index is 648. The van der Waals surface area contributed by atoms with Gasteiger partial charge in [-0.15, -0.1) is 0 Å². The van der Waals surface area contributed by atoms with Gasteiger partial charge < -0.3 is 15.0 Å². The fourth-order valence-electron chi connectivity index (χ4n) is 4.84. The van der Waals surface area contributed by atoms with Crippen LogP contribution in [0, 0.1) is 17.8 Å². The third-order valence-electron chi connectivity index (χ3n) is 6.19. The minimum Gasteiger partial charge on any atom is -0.378 e. The van der Waals surface area contributed by atoms with E-state index < -0.39 is 0 Å². The molecule has 2 saturated carbocycles. The summed E-state index contributed by atoms with van der Waals surface area (Å²) >= 11 is 6.42. The zero-order valence-electron chi connectivity index (χ0n) is 14.7. The van der Waals surface area contributed by atoms with Crippen molar-refractivity contribution in [3.8, 4) is 0 Å². The summed E-state index contributed by atoms with van der Waals surface area (Å²) in [7, 11) is 0. The summed E-state index contributed by atoms with van der Waals surface area (Å²) in [5.41, 5.74) is 0.546. The molecule has 1 saturated heterocycles. The molecule has 4 unspecified atom stereocenters. The summed E-state index contributed by atoms with van der Waals surface area (Å²) in [6.07, 6.45) is 7.13. The lowest BCUT2D eigenvalue weighted by molar-refractivity contribution is 0.0302. The second-order valence-corrected chi connectivity index (χ2v) is 8.14. The molecule has 4 atom stereocenters. The van der Waals surface area contributed by atoms with Crippen LogP contribution < -0.4 is 5.32 Å². The molecule has 6 heteroatoms. The van der Waals surface area contributed by atoms with Gasteiger partial charge in [0.25, 0.3) is 5.91 Å². The monoisotopic (exact) mass is 363 g/mol. The van der Waals surface area contributed by atoms with Crippen LogP contribution in [0.15, 0.2) is 12.3 Å². The Labute approximate surface area is 154 Å². The van der Waals surface area contributed by atoms with Crippen LogP contribution in [0.25, 0.3) is 0 Å². The highest BCUT2D eigenvalue weighted by molar-refractivity contribution is 6.33. The van der Waals surface area contributed by atoms with Gasteiger partial charge in [-0.1, -0.05) is 18.0 Å². The number of morpholine rings is 1. The van der Waals surface area contributed by atoms with E-state index in [1.807, 2.05) is 0 Å². The normalized spacial score (nSPS) is 29.7. The molecule has 5 nitrogen and oxygen atoms in total. The Morgan fingerprint density at radius 1 is 1.36 bits per heavy atom. The predicted molar refractivity (Wildman–Crippen MR) is 98.0 cm³/mol. The number of ether oxygens (including phenoxy) is 1. The highest BCUT2D eigenvalue weighted by Crippen LogP contribution is 2.49. The number of hydrogen-bond acceptors (Lipinski definition) is 4. The zero-order valence-corrected chi connectivity index (χ0v) is 15.5. The number of halogens is 1. The van der Waals surface area contributed by atoms with Crippen molar-refractivity contribution in [2.24, 2.45) is 17.8 Å². The smallest absolute Gasteiger partial charge is 0.255 e. The van der Waals surface area contributed by atoms with E-state index in [-0.39, 0.29) is 5.91 Å². The van der Waals surface area contributed by atoms with Crippen molar-refractivity contribution in [2.75, 3.05) is 31.6 Å². The molecule has 0 radical (unpaired) electrons. The second-order valence-electron chi connectivity index (χ2n) is 7.73. The topological polar surface area (TPSA) is 54.5 Å². The first kappa shape index (κ1) is 17.1. The number of hydrogen-bond donors (Lipinski definition) is 1. The molecule has 4 rings (SSSR count). The lowest BCUT2D eigenvalue weighted by Crippen LogP contribution is -2.40. The first-order valence-electron chi connectivity index (χ1n) is 9.41. The molecule has 25 heavy (non-hydrogen) atoms. The van der Waals surface area contributed by atoms with E-state index in [2.05, 4.69) is 17.2 Å². The third-order valence-corrected chi connectivity index (χ3v) is 6.47. The number of pyridine rings is 1. The maximum absolute atomic E-state index is 12.5. The average Bonchev–Trinajstić information content (AvgIpc) is 3.27. The van der Waals surface area contributed by atoms with E-state index in [4.69, 9.17) is 16.3 Å². The molecule has 136 valence electrons. The molecular formula is C19H26ClN3O2. The number of fused-ring (bicyclic) bond motifs is 2. The number of carbonyl (C=O) groups is 1. The fraction of sp³-hybridized carbons (Fsp3) is 0.684. The molecule has 0 aromatic carbocycles. The van der Waals surface area contributed by atoms with Crippen LogP contribution in [0.1, 0.15) is 43.0 Å². The summed E-state index contributed by atoms with van der Waals surface area (Å²) in [6, 6.07) is 2.10. The third kappa shape index (κ3) is 3.49. The standard InChI is InChI=1S/C19H26ClN3O2/c1-12(16-9-13-2-3-14(16)8-13)22-18-17(20)10-15(11-21-18)19(24)23-4-6-25-7-5-23/h10-14,16H,2-9H2,1H3,(H,21,22). The Hall–Kier alpha value is -1.33. The first-order chi connectivity index (χ1) is 12.1. The Kier molecular flexibility index (Phi) is 4.87. The molecule has 1 aromatic rings. The van der Waals surface area contributed by atoms with Crippen molar-refractivity contribution in [3.63, 3.8) is 0 Å². The van der Waals surface area contributed by atoms with E-state index in [1.54, 1.807) is 17.2 Å². The molecular weight excluding hydrogens is 338 g/mol. The fourth-order valence-corrected chi connectivity index (χ4v) is 5.06. The van der Waals surface area contributed by atoms with E-state index in [9.17, 15) is 4.79 Å². The lowest BCUT2D eigenvalue weighted by atomic mass is 9.84. The van der Waals surface area contributed by atoms with Gasteiger partial charge in [-0.3, -0.25) is 4.79 Å². The van der Waals surface area contributed by atoms with Gasteiger partial charge in [-0.25, -0.2) is 4.98 Å². The summed E-state index contributed by atoms with van der Waals surface area (Å²) < 4.78 is 5.30. The van der Waals surface area contributed by atoms with Gasteiger partial charge in [0.05, 0.1) is 23.8 Å². The summed E-state index contributed by atoms with van der Waals surface area (Å²) in [5.74, 6) is 3.16. The molecule has 3 aliphatic rings. The Balaban J connectivity index is 1.42. The lowest BCUT2D eigenvalue weighted by Gasteiger charge is -2.29. The van der Waals surface area contributed by atoms with E-state index in [0.29, 0.717) is 54.7 Å². The highest BCUT2D eigenvalue weighted by atomic mass is 35.5.